The Morgan fingerprint density at radius 1 is 1.45 bits per heavy atom. The minimum absolute atomic E-state index is 0.0589. The predicted octanol–water partition coefficient (Wildman–Crippen LogP) is 3.24. The number of amides is 1. The third-order valence-electron chi connectivity index (χ3n) is 2.90. The molecule has 2 aromatic rings. The summed E-state index contributed by atoms with van der Waals surface area (Å²) in [6, 6.07) is 5.72. The first kappa shape index (κ1) is 14.5. The number of hydrogen-bond donors (Lipinski definition) is 1. The molecule has 2 aromatic heterocycles. The van der Waals surface area contributed by atoms with Gasteiger partial charge in [-0.1, -0.05) is 6.92 Å². The molecular formula is C15H19N3OS. The van der Waals surface area contributed by atoms with Crippen molar-refractivity contribution >= 4 is 22.9 Å². The molecule has 1 N–H and O–H groups in total. The molecule has 2 rings (SSSR count). The second kappa shape index (κ2) is 7.05. The van der Waals surface area contributed by atoms with Gasteiger partial charge >= 0.3 is 0 Å². The van der Waals surface area contributed by atoms with Crippen LogP contribution in [0.25, 0.3) is 0 Å². The molecule has 0 spiro atoms. The van der Waals surface area contributed by atoms with Crippen LogP contribution in [0.15, 0.2) is 35.2 Å². The van der Waals surface area contributed by atoms with Crippen molar-refractivity contribution in [3.05, 3.63) is 46.4 Å². The van der Waals surface area contributed by atoms with Crippen LogP contribution in [-0.2, 0) is 6.54 Å². The Labute approximate surface area is 123 Å². The summed E-state index contributed by atoms with van der Waals surface area (Å²) in [6.07, 6.45) is 2.72. The van der Waals surface area contributed by atoms with Gasteiger partial charge in [-0.15, -0.1) is 0 Å². The Morgan fingerprint density at radius 2 is 2.30 bits per heavy atom. The summed E-state index contributed by atoms with van der Waals surface area (Å²) in [5.41, 5.74) is 2.56. The standard InChI is InChI=1S/C15H19N3OS/c1-3-6-16-13-4-7-17-14(9-13)15(19)18(2)10-12-5-8-20-11-12/h4-5,7-9,11H,3,6,10H2,1-2H3,(H,16,17). The molecule has 0 aliphatic carbocycles. The molecule has 0 aliphatic rings. The number of nitrogens with zero attached hydrogens (tertiary/aromatic N) is 2. The largest absolute Gasteiger partial charge is 0.385 e. The number of rotatable bonds is 6. The average molecular weight is 289 g/mol. The molecule has 2 heterocycles. The maximum atomic E-state index is 12.3. The fourth-order valence-electron chi connectivity index (χ4n) is 1.85. The van der Waals surface area contributed by atoms with Crippen molar-refractivity contribution in [2.45, 2.75) is 19.9 Å². The summed E-state index contributed by atoms with van der Waals surface area (Å²) >= 11 is 1.64. The van der Waals surface area contributed by atoms with E-state index in [2.05, 4.69) is 22.6 Å². The smallest absolute Gasteiger partial charge is 0.272 e. The first-order valence-corrected chi connectivity index (χ1v) is 7.61. The fraction of sp³-hybridized carbons (Fsp3) is 0.333. The summed E-state index contributed by atoms with van der Waals surface area (Å²) in [5, 5.41) is 7.33. The lowest BCUT2D eigenvalue weighted by Crippen LogP contribution is -2.26. The SMILES string of the molecule is CCCNc1ccnc(C(=O)N(C)Cc2ccsc2)c1. The van der Waals surface area contributed by atoms with Gasteiger partial charge < -0.3 is 10.2 Å². The molecule has 4 nitrogen and oxygen atoms in total. The summed E-state index contributed by atoms with van der Waals surface area (Å²) in [7, 11) is 1.80. The molecule has 0 atom stereocenters. The quantitative estimate of drug-likeness (QED) is 0.888. The second-order valence-electron chi connectivity index (χ2n) is 4.65. The van der Waals surface area contributed by atoms with Crippen LogP contribution in [0.1, 0.15) is 29.4 Å². The predicted molar refractivity (Wildman–Crippen MR) is 83.1 cm³/mol. The van der Waals surface area contributed by atoms with E-state index in [-0.39, 0.29) is 5.91 Å². The molecule has 0 aromatic carbocycles. The van der Waals surface area contributed by atoms with Crippen LogP contribution in [0.2, 0.25) is 0 Å². The molecule has 1 amide bonds. The van der Waals surface area contributed by atoms with E-state index < -0.39 is 0 Å². The van der Waals surface area contributed by atoms with Gasteiger partial charge in [0.05, 0.1) is 0 Å². The minimum Gasteiger partial charge on any atom is -0.385 e. The first-order chi connectivity index (χ1) is 9.70. The van der Waals surface area contributed by atoms with Gasteiger partial charge in [-0.2, -0.15) is 11.3 Å². The van der Waals surface area contributed by atoms with Crippen molar-refractivity contribution in [1.82, 2.24) is 9.88 Å². The molecule has 0 unspecified atom stereocenters. The van der Waals surface area contributed by atoms with Gasteiger partial charge in [0, 0.05) is 32.0 Å². The number of aromatic nitrogens is 1. The third kappa shape index (κ3) is 3.81. The molecule has 0 bridgehead atoms. The van der Waals surface area contributed by atoms with E-state index in [0.717, 1.165) is 24.2 Å². The minimum atomic E-state index is -0.0589. The number of thiophene rings is 1. The molecule has 0 radical (unpaired) electrons. The van der Waals surface area contributed by atoms with Crippen LogP contribution >= 0.6 is 11.3 Å². The lowest BCUT2D eigenvalue weighted by molar-refractivity contribution is 0.0779. The van der Waals surface area contributed by atoms with Crippen LogP contribution in [-0.4, -0.2) is 29.4 Å². The highest BCUT2D eigenvalue weighted by molar-refractivity contribution is 7.07. The van der Waals surface area contributed by atoms with Gasteiger partial charge in [-0.25, -0.2) is 0 Å². The number of nitrogens with one attached hydrogen (secondary N) is 1. The molecule has 5 heteroatoms. The fourth-order valence-corrected chi connectivity index (χ4v) is 2.51. The number of anilines is 1. The zero-order valence-electron chi connectivity index (χ0n) is 11.8. The van der Waals surface area contributed by atoms with Crippen LogP contribution in [0, 0.1) is 0 Å². The Hall–Kier alpha value is -1.88. The van der Waals surface area contributed by atoms with Gasteiger partial charge in [0.1, 0.15) is 5.69 Å². The van der Waals surface area contributed by atoms with Crippen LogP contribution < -0.4 is 5.32 Å². The maximum Gasteiger partial charge on any atom is 0.272 e. The lowest BCUT2D eigenvalue weighted by atomic mass is 10.2. The Balaban J connectivity index is 2.04. The average Bonchev–Trinajstić information content (AvgIpc) is 2.97. The highest BCUT2D eigenvalue weighted by Gasteiger charge is 2.14. The van der Waals surface area contributed by atoms with Crippen molar-refractivity contribution in [2.24, 2.45) is 0 Å². The topological polar surface area (TPSA) is 45.2 Å². The Bertz CT molecular complexity index is 554. The maximum absolute atomic E-state index is 12.3. The van der Waals surface area contributed by atoms with E-state index in [0.29, 0.717) is 12.2 Å². The molecule has 106 valence electrons. The van der Waals surface area contributed by atoms with E-state index in [1.165, 1.54) is 0 Å². The van der Waals surface area contributed by atoms with Crippen molar-refractivity contribution in [2.75, 3.05) is 18.9 Å². The van der Waals surface area contributed by atoms with Crippen molar-refractivity contribution in [3.8, 4) is 0 Å². The third-order valence-corrected chi connectivity index (χ3v) is 3.64. The number of pyridine rings is 1. The zero-order chi connectivity index (χ0) is 14.4. The molecule has 0 aliphatic heterocycles. The zero-order valence-corrected chi connectivity index (χ0v) is 12.6. The Kier molecular flexibility index (Phi) is 5.12. The van der Waals surface area contributed by atoms with Gasteiger partial charge in [0.25, 0.3) is 5.91 Å². The molecule has 0 saturated heterocycles. The highest BCUT2D eigenvalue weighted by Crippen LogP contribution is 2.13. The normalized spacial score (nSPS) is 10.3. The van der Waals surface area contributed by atoms with Crippen LogP contribution in [0.5, 0.6) is 0 Å². The van der Waals surface area contributed by atoms with E-state index >= 15 is 0 Å². The van der Waals surface area contributed by atoms with Crippen molar-refractivity contribution < 1.29 is 4.79 Å². The second-order valence-corrected chi connectivity index (χ2v) is 5.43. The first-order valence-electron chi connectivity index (χ1n) is 6.67. The van der Waals surface area contributed by atoms with E-state index in [9.17, 15) is 4.79 Å². The van der Waals surface area contributed by atoms with Gasteiger partial charge in [0.2, 0.25) is 0 Å². The molecular weight excluding hydrogens is 270 g/mol. The van der Waals surface area contributed by atoms with Gasteiger partial charge in [-0.05, 0) is 40.9 Å². The van der Waals surface area contributed by atoms with Crippen molar-refractivity contribution in [3.63, 3.8) is 0 Å². The van der Waals surface area contributed by atoms with Crippen LogP contribution in [0.3, 0.4) is 0 Å². The highest BCUT2D eigenvalue weighted by atomic mass is 32.1. The number of hydrogen-bond acceptors (Lipinski definition) is 4. The van der Waals surface area contributed by atoms with E-state index in [4.69, 9.17) is 0 Å². The number of carbonyl (C=O) groups excluding carboxylic acids is 1. The summed E-state index contributed by atoms with van der Waals surface area (Å²) in [6.45, 7) is 3.61. The lowest BCUT2D eigenvalue weighted by Gasteiger charge is -2.16. The van der Waals surface area contributed by atoms with E-state index in [1.807, 2.05) is 23.6 Å². The molecule has 0 fully saturated rings. The Morgan fingerprint density at radius 3 is 3.00 bits per heavy atom. The summed E-state index contributed by atoms with van der Waals surface area (Å²) < 4.78 is 0. The van der Waals surface area contributed by atoms with Crippen LogP contribution in [0.4, 0.5) is 5.69 Å². The van der Waals surface area contributed by atoms with Gasteiger partial charge in [-0.3, -0.25) is 9.78 Å². The number of carbonyl (C=O) groups is 1. The summed E-state index contributed by atoms with van der Waals surface area (Å²) in [5.74, 6) is -0.0589. The molecule has 0 saturated carbocycles. The molecule has 20 heavy (non-hydrogen) atoms. The summed E-state index contributed by atoms with van der Waals surface area (Å²) in [4.78, 5) is 18.2. The van der Waals surface area contributed by atoms with E-state index in [1.54, 1.807) is 29.5 Å². The van der Waals surface area contributed by atoms with Gasteiger partial charge in [0.15, 0.2) is 0 Å². The monoisotopic (exact) mass is 289 g/mol. The van der Waals surface area contributed by atoms with Crippen molar-refractivity contribution in [1.29, 1.82) is 0 Å².